The minimum absolute atomic E-state index is 0. The number of aromatic nitrogens is 1. The molecule has 2 N–H and O–H groups in total. The van der Waals surface area contributed by atoms with Gasteiger partial charge in [0.2, 0.25) is 0 Å². The van der Waals surface area contributed by atoms with Crippen molar-refractivity contribution in [2.45, 2.75) is 26.5 Å². The summed E-state index contributed by atoms with van der Waals surface area (Å²) in [6.07, 6.45) is 0.161. The highest BCUT2D eigenvalue weighted by Crippen LogP contribution is 2.16. The van der Waals surface area contributed by atoms with Gasteiger partial charge in [0, 0.05) is 31.7 Å². The molecule has 2 heterocycles. The van der Waals surface area contributed by atoms with E-state index in [1.54, 1.807) is 0 Å². The molecule has 0 aliphatic carbocycles. The first-order valence-corrected chi connectivity index (χ1v) is 5.66. The van der Waals surface area contributed by atoms with Crippen molar-refractivity contribution >= 4 is 12.4 Å². The fraction of sp³-hybridized carbons (Fsp3) is 0.727. The van der Waals surface area contributed by atoms with Crippen LogP contribution in [0.2, 0.25) is 0 Å². The summed E-state index contributed by atoms with van der Waals surface area (Å²) in [5.74, 6) is 0.910. The van der Waals surface area contributed by atoms with Crippen molar-refractivity contribution in [2.75, 3.05) is 26.2 Å². The summed E-state index contributed by atoms with van der Waals surface area (Å²) in [7, 11) is 0. The van der Waals surface area contributed by atoms with Crippen LogP contribution < -0.4 is 5.73 Å². The second kappa shape index (κ2) is 6.35. The van der Waals surface area contributed by atoms with Crippen molar-refractivity contribution in [1.82, 2.24) is 10.1 Å². The average molecular weight is 262 g/mol. The normalized spacial score (nSPS) is 21.2. The molecular formula is C11H20ClN3O2. The zero-order valence-corrected chi connectivity index (χ0v) is 11.1. The van der Waals surface area contributed by atoms with Crippen LogP contribution in [0.25, 0.3) is 0 Å². The summed E-state index contributed by atoms with van der Waals surface area (Å²) in [6, 6.07) is 0. The fourth-order valence-electron chi connectivity index (χ4n) is 2.02. The Morgan fingerprint density at radius 2 is 2.24 bits per heavy atom. The molecule has 1 saturated heterocycles. The molecular weight excluding hydrogens is 242 g/mol. The molecule has 1 atom stereocenters. The first kappa shape index (κ1) is 14.4. The topological polar surface area (TPSA) is 64.5 Å². The molecule has 1 aliphatic rings. The number of ether oxygens (including phenoxy) is 1. The quantitative estimate of drug-likeness (QED) is 0.875. The molecule has 1 unspecified atom stereocenters. The van der Waals surface area contributed by atoms with E-state index in [1.807, 2.05) is 13.8 Å². The first-order valence-electron chi connectivity index (χ1n) is 5.66. The zero-order valence-electron chi connectivity index (χ0n) is 10.3. The number of hydrogen-bond donors (Lipinski definition) is 1. The summed E-state index contributed by atoms with van der Waals surface area (Å²) < 4.78 is 10.7. The van der Waals surface area contributed by atoms with E-state index in [9.17, 15) is 0 Å². The van der Waals surface area contributed by atoms with Crippen LogP contribution in [-0.4, -0.2) is 42.4 Å². The van der Waals surface area contributed by atoms with E-state index in [4.69, 9.17) is 15.0 Å². The zero-order chi connectivity index (χ0) is 11.5. The Hall–Kier alpha value is -0.620. The highest BCUT2D eigenvalue weighted by Gasteiger charge is 2.21. The van der Waals surface area contributed by atoms with Gasteiger partial charge in [-0.05, 0) is 13.8 Å². The fourth-order valence-corrected chi connectivity index (χ4v) is 2.02. The van der Waals surface area contributed by atoms with Gasteiger partial charge in [-0.1, -0.05) is 5.16 Å². The molecule has 98 valence electrons. The molecule has 17 heavy (non-hydrogen) atoms. The largest absolute Gasteiger partial charge is 0.374 e. The van der Waals surface area contributed by atoms with E-state index in [0.29, 0.717) is 6.54 Å². The minimum Gasteiger partial charge on any atom is -0.374 e. The monoisotopic (exact) mass is 261 g/mol. The lowest BCUT2D eigenvalue weighted by Crippen LogP contribution is -2.45. The molecule has 0 spiro atoms. The molecule has 0 saturated carbocycles. The van der Waals surface area contributed by atoms with Crippen LogP contribution in [0.3, 0.4) is 0 Å². The minimum atomic E-state index is 0. The third-order valence-corrected chi connectivity index (χ3v) is 3.05. The van der Waals surface area contributed by atoms with Crippen LogP contribution in [0.15, 0.2) is 4.52 Å². The number of rotatable bonds is 3. The number of halogens is 1. The lowest BCUT2D eigenvalue weighted by atomic mass is 10.1. The smallest absolute Gasteiger partial charge is 0.138 e. The summed E-state index contributed by atoms with van der Waals surface area (Å²) in [5.41, 5.74) is 7.79. The molecule has 1 aliphatic heterocycles. The molecule has 1 fully saturated rings. The van der Waals surface area contributed by atoms with Crippen LogP contribution in [0.1, 0.15) is 17.0 Å². The van der Waals surface area contributed by atoms with Gasteiger partial charge in [0.1, 0.15) is 5.76 Å². The second-order valence-corrected chi connectivity index (χ2v) is 4.27. The Balaban J connectivity index is 0.00000144. The Bertz CT molecular complexity index is 337. The van der Waals surface area contributed by atoms with Gasteiger partial charge in [0.25, 0.3) is 0 Å². The average Bonchev–Trinajstić information content (AvgIpc) is 2.61. The second-order valence-electron chi connectivity index (χ2n) is 4.27. The first-order chi connectivity index (χ1) is 7.70. The maximum Gasteiger partial charge on any atom is 0.138 e. The van der Waals surface area contributed by atoms with Crippen molar-refractivity contribution in [3.05, 3.63) is 17.0 Å². The van der Waals surface area contributed by atoms with Gasteiger partial charge in [-0.2, -0.15) is 0 Å². The SMILES string of the molecule is Cc1noc(C)c1CN1CCOC(CN)C1.Cl. The van der Waals surface area contributed by atoms with E-state index < -0.39 is 0 Å². The van der Waals surface area contributed by atoms with Crippen molar-refractivity contribution in [3.63, 3.8) is 0 Å². The maximum atomic E-state index is 5.62. The molecule has 0 bridgehead atoms. The molecule has 2 rings (SSSR count). The van der Waals surface area contributed by atoms with E-state index in [0.717, 1.165) is 37.7 Å². The molecule has 6 heteroatoms. The summed E-state index contributed by atoms with van der Waals surface area (Å²) in [6.45, 7) is 7.98. The third kappa shape index (κ3) is 3.42. The summed E-state index contributed by atoms with van der Waals surface area (Å²) >= 11 is 0. The number of nitrogens with two attached hydrogens (primary N) is 1. The van der Waals surface area contributed by atoms with Crippen molar-refractivity contribution in [1.29, 1.82) is 0 Å². The van der Waals surface area contributed by atoms with Gasteiger partial charge < -0.3 is 15.0 Å². The molecule has 0 radical (unpaired) electrons. The highest BCUT2D eigenvalue weighted by atomic mass is 35.5. The van der Waals surface area contributed by atoms with Crippen LogP contribution in [-0.2, 0) is 11.3 Å². The van der Waals surface area contributed by atoms with Crippen molar-refractivity contribution in [3.8, 4) is 0 Å². The van der Waals surface area contributed by atoms with E-state index >= 15 is 0 Å². The van der Waals surface area contributed by atoms with Crippen LogP contribution in [0, 0.1) is 13.8 Å². The van der Waals surface area contributed by atoms with E-state index in [-0.39, 0.29) is 18.5 Å². The Morgan fingerprint density at radius 3 is 2.82 bits per heavy atom. The van der Waals surface area contributed by atoms with Gasteiger partial charge in [-0.15, -0.1) is 12.4 Å². The molecule has 0 amide bonds. The summed E-state index contributed by atoms with van der Waals surface area (Å²) in [4.78, 5) is 2.34. The van der Waals surface area contributed by atoms with E-state index in [2.05, 4.69) is 10.1 Å². The Morgan fingerprint density at radius 1 is 1.47 bits per heavy atom. The Labute approximate surface area is 108 Å². The number of morpholine rings is 1. The van der Waals surface area contributed by atoms with Gasteiger partial charge in [-0.3, -0.25) is 4.90 Å². The number of hydrogen-bond acceptors (Lipinski definition) is 5. The summed E-state index contributed by atoms with van der Waals surface area (Å²) in [5, 5.41) is 3.96. The van der Waals surface area contributed by atoms with Crippen molar-refractivity contribution in [2.24, 2.45) is 5.73 Å². The molecule has 5 nitrogen and oxygen atoms in total. The standard InChI is InChI=1S/C11H19N3O2.ClH/c1-8-11(9(2)16-13-8)7-14-3-4-15-10(5-12)6-14;/h10H,3-7,12H2,1-2H3;1H. The number of aryl methyl sites for hydroxylation is 2. The molecule has 0 aromatic carbocycles. The predicted octanol–water partition coefficient (Wildman–Crippen LogP) is 0.873. The number of nitrogens with zero attached hydrogens (tertiary/aromatic N) is 2. The maximum absolute atomic E-state index is 5.62. The Kier molecular flexibility index (Phi) is 5.39. The van der Waals surface area contributed by atoms with Gasteiger partial charge in [0.15, 0.2) is 0 Å². The lowest BCUT2D eigenvalue weighted by molar-refractivity contribution is -0.0262. The van der Waals surface area contributed by atoms with Gasteiger partial charge in [0.05, 0.1) is 18.4 Å². The van der Waals surface area contributed by atoms with Crippen LogP contribution >= 0.6 is 12.4 Å². The van der Waals surface area contributed by atoms with Crippen molar-refractivity contribution < 1.29 is 9.26 Å². The van der Waals surface area contributed by atoms with E-state index in [1.165, 1.54) is 5.56 Å². The molecule has 1 aromatic rings. The highest BCUT2D eigenvalue weighted by molar-refractivity contribution is 5.85. The lowest BCUT2D eigenvalue weighted by Gasteiger charge is -2.32. The predicted molar refractivity (Wildman–Crippen MR) is 67.3 cm³/mol. The van der Waals surface area contributed by atoms with Gasteiger partial charge >= 0.3 is 0 Å². The molecule has 1 aromatic heterocycles. The van der Waals surface area contributed by atoms with Crippen LogP contribution in [0.4, 0.5) is 0 Å². The third-order valence-electron chi connectivity index (χ3n) is 3.05. The van der Waals surface area contributed by atoms with Gasteiger partial charge in [-0.25, -0.2) is 0 Å². The van der Waals surface area contributed by atoms with Crippen LogP contribution in [0.5, 0.6) is 0 Å².